The molecule has 1 heterocycles. The first kappa shape index (κ1) is 12.5. The second-order valence-corrected chi connectivity index (χ2v) is 4.39. The zero-order chi connectivity index (χ0) is 14.3. The molecule has 0 radical (unpaired) electrons. The lowest BCUT2D eigenvalue weighted by molar-refractivity contribution is -0.137. The zero-order valence-corrected chi connectivity index (χ0v) is 10.1. The maximum atomic E-state index is 13.2. The van der Waals surface area contributed by atoms with E-state index in [0.29, 0.717) is 11.1 Å². The Labute approximate surface area is 111 Å². The summed E-state index contributed by atoms with van der Waals surface area (Å²) in [6.45, 7) is 0. The van der Waals surface area contributed by atoms with Crippen LogP contribution in [-0.4, -0.2) is 9.97 Å². The summed E-state index contributed by atoms with van der Waals surface area (Å²) in [6.07, 6.45) is -4.49. The average molecular weight is 278 g/mol. The number of hydrogen-bond donors (Lipinski definition) is 2. The Morgan fingerprint density at radius 2 is 1.50 bits per heavy atom. The molecule has 1 aromatic heterocycles. The molecule has 0 aliphatic heterocycles. The van der Waals surface area contributed by atoms with Crippen LogP contribution >= 0.6 is 0 Å². The highest BCUT2D eigenvalue weighted by atomic mass is 19.4. The molecule has 0 aliphatic rings. The smallest absolute Gasteiger partial charge is 0.306 e. The van der Waals surface area contributed by atoms with Gasteiger partial charge in [-0.25, -0.2) is 4.79 Å². The number of fused-ring (bicyclic) bond motifs is 1. The molecule has 0 spiro atoms. The van der Waals surface area contributed by atoms with E-state index in [4.69, 9.17) is 0 Å². The average Bonchev–Trinajstić information content (AvgIpc) is 2.76. The summed E-state index contributed by atoms with van der Waals surface area (Å²) in [4.78, 5) is 16.0. The van der Waals surface area contributed by atoms with E-state index >= 15 is 0 Å². The van der Waals surface area contributed by atoms with E-state index in [1.807, 2.05) is 0 Å². The van der Waals surface area contributed by atoms with Crippen molar-refractivity contribution in [2.24, 2.45) is 0 Å². The highest BCUT2D eigenvalue weighted by molar-refractivity contribution is 5.84. The first-order valence-electron chi connectivity index (χ1n) is 5.84. The van der Waals surface area contributed by atoms with E-state index in [0.717, 1.165) is 6.07 Å². The molecule has 0 atom stereocenters. The third-order valence-corrected chi connectivity index (χ3v) is 3.04. The molecular weight excluding hydrogens is 269 g/mol. The van der Waals surface area contributed by atoms with Crippen LogP contribution in [0.2, 0.25) is 0 Å². The third-order valence-electron chi connectivity index (χ3n) is 3.04. The monoisotopic (exact) mass is 278 g/mol. The van der Waals surface area contributed by atoms with Crippen molar-refractivity contribution in [1.29, 1.82) is 0 Å². The quantitative estimate of drug-likeness (QED) is 0.702. The van der Waals surface area contributed by atoms with Crippen molar-refractivity contribution in [2.45, 2.75) is 6.18 Å². The van der Waals surface area contributed by atoms with Gasteiger partial charge in [-0.2, -0.15) is 13.2 Å². The Hall–Kier alpha value is -2.50. The van der Waals surface area contributed by atoms with E-state index in [9.17, 15) is 18.0 Å². The van der Waals surface area contributed by atoms with E-state index in [1.54, 1.807) is 30.3 Å². The first-order valence-corrected chi connectivity index (χ1v) is 5.84. The Morgan fingerprint density at radius 3 is 2.10 bits per heavy atom. The number of alkyl halides is 3. The highest BCUT2D eigenvalue weighted by Gasteiger charge is 2.34. The fourth-order valence-corrected chi connectivity index (χ4v) is 2.17. The lowest BCUT2D eigenvalue weighted by Gasteiger charge is -2.13. The number of H-pyrrole nitrogens is 2. The van der Waals surface area contributed by atoms with Gasteiger partial charge in [-0.05, 0) is 23.3 Å². The SMILES string of the molecule is O=c1[nH]c2cc(-c3ccccc3)c(C(F)(F)F)cc2[nH]1. The van der Waals surface area contributed by atoms with E-state index in [2.05, 4.69) is 9.97 Å². The number of aromatic amines is 2. The van der Waals surface area contributed by atoms with E-state index < -0.39 is 17.4 Å². The van der Waals surface area contributed by atoms with Crippen molar-refractivity contribution in [1.82, 2.24) is 9.97 Å². The van der Waals surface area contributed by atoms with Crippen LogP contribution in [0.15, 0.2) is 47.3 Å². The van der Waals surface area contributed by atoms with E-state index in [1.165, 1.54) is 6.07 Å². The standard InChI is InChI=1S/C14H9F3N2O/c15-14(16,17)10-7-12-11(18-13(20)19-12)6-9(10)8-4-2-1-3-5-8/h1-7H,(H2,18,19,20). The Morgan fingerprint density at radius 1 is 0.900 bits per heavy atom. The van der Waals surface area contributed by atoms with Gasteiger partial charge in [0, 0.05) is 0 Å². The maximum Gasteiger partial charge on any atom is 0.417 e. The van der Waals surface area contributed by atoms with Crippen molar-refractivity contribution < 1.29 is 13.2 Å². The first-order chi connectivity index (χ1) is 9.45. The molecule has 0 unspecified atom stereocenters. The Bertz CT molecular complexity index is 816. The number of benzene rings is 2. The minimum Gasteiger partial charge on any atom is -0.306 e. The largest absolute Gasteiger partial charge is 0.417 e. The van der Waals surface area contributed by atoms with Crippen LogP contribution in [0.3, 0.4) is 0 Å². The van der Waals surface area contributed by atoms with Crippen LogP contribution in [-0.2, 0) is 6.18 Å². The Balaban J connectivity index is 2.36. The van der Waals surface area contributed by atoms with Crippen molar-refractivity contribution in [3.8, 4) is 11.1 Å². The number of halogens is 3. The minimum atomic E-state index is -4.49. The molecule has 0 bridgehead atoms. The summed E-state index contributed by atoms with van der Waals surface area (Å²) in [5.74, 6) is 0. The summed E-state index contributed by atoms with van der Waals surface area (Å²) in [7, 11) is 0. The predicted octanol–water partition coefficient (Wildman–Crippen LogP) is 3.54. The molecule has 3 aromatic rings. The van der Waals surface area contributed by atoms with Gasteiger partial charge in [0.1, 0.15) is 0 Å². The second kappa shape index (κ2) is 4.26. The third kappa shape index (κ3) is 2.09. The maximum absolute atomic E-state index is 13.2. The van der Waals surface area contributed by atoms with Crippen molar-refractivity contribution in [3.63, 3.8) is 0 Å². The topological polar surface area (TPSA) is 48.6 Å². The highest BCUT2D eigenvalue weighted by Crippen LogP contribution is 2.38. The summed E-state index contributed by atoms with van der Waals surface area (Å²) in [5.41, 5.74) is -0.321. The van der Waals surface area contributed by atoms with Gasteiger partial charge in [-0.3, -0.25) is 0 Å². The van der Waals surface area contributed by atoms with Crippen LogP contribution < -0.4 is 5.69 Å². The minimum absolute atomic E-state index is 0.0425. The van der Waals surface area contributed by atoms with Crippen LogP contribution in [0.5, 0.6) is 0 Å². The van der Waals surface area contributed by atoms with Gasteiger partial charge < -0.3 is 9.97 Å². The molecule has 3 rings (SSSR count). The number of imidazole rings is 1. The summed E-state index contributed by atoms with van der Waals surface area (Å²) < 4.78 is 39.5. The van der Waals surface area contributed by atoms with Crippen LogP contribution in [0.25, 0.3) is 22.2 Å². The molecule has 3 nitrogen and oxygen atoms in total. The van der Waals surface area contributed by atoms with Crippen molar-refractivity contribution in [3.05, 3.63) is 58.5 Å². The molecule has 0 saturated heterocycles. The fraction of sp³-hybridized carbons (Fsp3) is 0.0714. The number of hydrogen-bond acceptors (Lipinski definition) is 1. The number of rotatable bonds is 1. The molecule has 0 saturated carbocycles. The lowest BCUT2D eigenvalue weighted by atomic mass is 9.98. The number of nitrogens with one attached hydrogen (secondary N) is 2. The van der Waals surface area contributed by atoms with Gasteiger partial charge >= 0.3 is 11.9 Å². The summed E-state index contributed by atoms with van der Waals surface area (Å²) in [5, 5.41) is 0. The summed E-state index contributed by atoms with van der Waals surface area (Å²) in [6, 6.07) is 10.6. The molecule has 102 valence electrons. The molecule has 0 amide bonds. The number of aromatic nitrogens is 2. The molecule has 2 aromatic carbocycles. The summed E-state index contributed by atoms with van der Waals surface area (Å²) >= 11 is 0. The normalized spacial score (nSPS) is 11.9. The van der Waals surface area contributed by atoms with Gasteiger partial charge in [0.15, 0.2) is 0 Å². The zero-order valence-electron chi connectivity index (χ0n) is 10.1. The predicted molar refractivity (Wildman–Crippen MR) is 69.4 cm³/mol. The van der Waals surface area contributed by atoms with Gasteiger partial charge in [0.25, 0.3) is 0 Å². The van der Waals surface area contributed by atoms with Gasteiger partial charge in [-0.15, -0.1) is 0 Å². The van der Waals surface area contributed by atoms with Crippen LogP contribution in [0, 0.1) is 0 Å². The van der Waals surface area contributed by atoms with Crippen molar-refractivity contribution in [2.75, 3.05) is 0 Å². The second-order valence-electron chi connectivity index (χ2n) is 4.39. The van der Waals surface area contributed by atoms with Gasteiger partial charge in [0.2, 0.25) is 0 Å². The molecule has 0 fully saturated rings. The fourth-order valence-electron chi connectivity index (χ4n) is 2.17. The van der Waals surface area contributed by atoms with Crippen molar-refractivity contribution >= 4 is 11.0 Å². The van der Waals surface area contributed by atoms with Crippen LogP contribution in [0.4, 0.5) is 13.2 Å². The molecule has 20 heavy (non-hydrogen) atoms. The molecular formula is C14H9F3N2O. The van der Waals surface area contributed by atoms with Gasteiger partial charge in [-0.1, -0.05) is 30.3 Å². The Kier molecular flexibility index (Phi) is 2.67. The molecule has 6 heteroatoms. The van der Waals surface area contributed by atoms with Gasteiger partial charge in [0.05, 0.1) is 16.6 Å². The molecule has 2 N–H and O–H groups in total. The molecule has 0 aliphatic carbocycles. The lowest BCUT2D eigenvalue weighted by Crippen LogP contribution is -2.07. The van der Waals surface area contributed by atoms with E-state index in [-0.39, 0.29) is 11.1 Å². The van der Waals surface area contributed by atoms with Crippen LogP contribution in [0.1, 0.15) is 5.56 Å².